The first-order chi connectivity index (χ1) is 52.4. The molecule has 0 amide bonds. The van der Waals surface area contributed by atoms with E-state index in [4.69, 9.17) is 37.0 Å². The summed E-state index contributed by atoms with van der Waals surface area (Å²) in [5.74, 6) is -0.566. The third-order valence-electron chi connectivity index (χ3n) is 21.0. The Morgan fingerprint density at radius 2 is 0.426 bits per heavy atom. The number of esters is 4. The van der Waals surface area contributed by atoms with Crippen molar-refractivity contribution < 1.29 is 80.2 Å². The molecule has 3 N–H and O–H groups in total. The quantitative estimate of drug-likeness (QED) is 0.0222. The smallest absolute Gasteiger partial charge is 0.462 e. The molecule has 0 spiro atoms. The van der Waals surface area contributed by atoms with Crippen molar-refractivity contribution in [2.45, 2.75) is 496 Å². The van der Waals surface area contributed by atoms with E-state index in [1.165, 1.54) is 295 Å². The van der Waals surface area contributed by atoms with Crippen molar-refractivity contribution in [2.75, 3.05) is 39.6 Å². The van der Waals surface area contributed by atoms with Gasteiger partial charge in [-0.25, -0.2) is 9.13 Å². The largest absolute Gasteiger partial charge is 0.472 e. The van der Waals surface area contributed by atoms with Crippen molar-refractivity contribution in [1.82, 2.24) is 0 Å². The van der Waals surface area contributed by atoms with Gasteiger partial charge in [0, 0.05) is 25.7 Å². The molecule has 0 fully saturated rings. The zero-order valence-corrected chi connectivity index (χ0v) is 73.0. The molecule has 0 aliphatic heterocycles. The van der Waals surface area contributed by atoms with E-state index in [-0.39, 0.29) is 25.7 Å². The number of unbranched alkanes of at least 4 members (excludes halogenated alkanes) is 58. The zero-order valence-electron chi connectivity index (χ0n) is 71.2. The molecule has 5 atom stereocenters. The van der Waals surface area contributed by atoms with Crippen molar-refractivity contribution in [3.05, 3.63) is 0 Å². The van der Waals surface area contributed by atoms with Gasteiger partial charge >= 0.3 is 39.5 Å². The summed E-state index contributed by atoms with van der Waals surface area (Å²) in [5.41, 5.74) is 0. The minimum atomic E-state index is -4.97. The van der Waals surface area contributed by atoms with E-state index in [0.29, 0.717) is 25.7 Å². The molecule has 17 nitrogen and oxygen atoms in total. The molecular formula is C89H174O17P2. The van der Waals surface area contributed by atoms with E-state index in [9.17, 15) is 43.2 Å². The Morgan fingerprint density at radius 3 is 0.630 bits per heavy atom. The van der Waals surface area contributed by atoms with Crippen LogP contribution in [-0.2, 0) is 65.4 Å². The standard InChI is InChI=1S/C89H174O17P2/c1-7-9-11-13-15-17-19-21-23-25-27-28-29-31-35-40-44-48-56-62-68-73-88(93)105-84(77-99-86(91)71-65-59-53-46-42-38-36-32-33-37-41-45-51-57-63-69-81(3)4)79-103-107(95,96)101-75-83(90)76-102-108(97,98)104-80-85(78-100-87(92)72-66-60-54-50-49-52-58-64-70-82(5)6)106-89(94)74-67-61-55-47-43-39-34-30-26-24-22-20-18-16-14-12-10-8-2/h81-85,90H,7-80H2,1-6H3,(H,95,96)(H,97,98)/t83-,84-,85-/m1/s1. The van der Waals surface area contributed by atoms with Gasteiger partial charge in [0.2, 0.25) is 0 Å². The SMILES string of the molecule is CCCCCCCCCCCCCCCCCCCCCCCC(=O)O[C@H](COC(=O)CCCCCCCCCCCCCCCCCC(C)C)COP(=O)(O)OC[C@@H](O)COP(=O)(O)OC[C@@H](COC(=O)CCCCCCCCCCC(C)C)OC(=O)CCCCCCCCCCCCCCCCCCCC. The Hall–Kier alpha value is -1.94. The lowest BCUT2D eigenvalue weighted by molar-refractivity contribution is -0.161. The number of carbonyl (C=O) groups is 4. The van der Waals surface area contributed by atoms with Crippen LogP contribution in [0.4, 0.5) is 0 Å². The van der Waals surface area contributed by atoms with Crippen molar-refractivity contribution >= 4 is 39.5 Å². The number of aliphatic hydroxyl groups excluding tert-OH is 1. The minimum Gasteiger partial charge on any atom is -0.462 e. The van der Waals surface area contributed by atoms with Crippen LogP contribution in [0, 0.1) is 11.8 Å². The molecule has 19 heteroatoms. The lowest BCUT2D eigenvalue weighted by Crippen LogP contribution is -2.30. The van der Waals surface area contributed by atoms with Gasteiger partial charge < -0.3 is 33.8 Å². The van der Waals surface area contributed by atoms with E-state index < -0.39 is 97.5 Å². The normalized spacial score (nSPS) is 13.8. The Labute approximate surface area is 664 Å². The fourth-order valence-corrected chi connectivity index (χ4v) is 15.5. The first-order valence-electron chi connectivity index (χ1n) is 46.0. The summed E-state index contributed by atoms with van der Waals surface area (Å²) in [4.78, 5) is 73.3. The van der Waals surface area contributed by atoms with E-state index >= 15 is 0 Å². The maximum Gasteiger partial charge on any atom is 0.472 e. The molecule has 0 heterocycles. The Morgan fingerprint density at radius 1 is 0.250 bits per heavy atom. The van der Waals surface area contributed by atoms with Crippen molar-refractivity contribution in [3.8, 4) is 0 Å². The van der Waals surface area contributed by atoms with Crippen LogP contribution in [0.25, 0.3) is 0 Å². The number of phosphoric ester groups is 2. The molecule has 0 saturated carbocycles. The fraction of sp³-hybridized carbons (Fsp3) is 0.955. The fourth-order valence-electron chi connectivity index (χ4n) is 14.0. The van der Waals surface area contributed by atoms with Crippen molar-refractivity contribution in [3.63, 3.8) is 0 Å². The second kappa shape index (κ2) is 80.3. The highest BCUT2D eigenvalue weighted by Crippen LogP contribution is 2.45. The van der Waals surface area contributed by atoms with E-state index in [1.54, 1.807) is 0 Å². The summed E-state index contributed by atoms with van der Waals surface area (Å²) in [6.07, 6.45) is 73.7. The highest BCUT2D eigenvalue weighted by atomic mass is 31.2. The molecule has 0 bridgehead atoms. The molecule has 0 aromatic rings. The third kappa shape index (κ3) is 82.1. The van der Waals surface area contributed by atoms with E-state index in [0.717, 1.165) is 102 Å². The summed E-state index contributed by atoms with van der Waals surface area (Å²) in [6, 6.07) is 0. The van der Waals surface area contributed by atoms with Crippen molar-refractivity contribution in [1.29, 1.82) is 0 Å². The summed E-state index contributed by atoms with van der Waals surface area (Å²) in [6.45, 7) is 9.69. The van der Waals surface area contributed by atoms with Gasteiger partial charge in [-0.1, -0.05) is 427 Å². The molecule has 0 aromatic carbocycles. The highest BCUT2D eigenvalue weighted by molar-refractivity contribution is 7.47. The predicted octanol–water partition coefficient (Wildman–Crippen LogP) is 27.4. The van der Waals surface area contributed by atoms with E-state index in [1.807, 2.05) is 0 Å². The first kappa shape index (κ1) is 106. The summed E-state index contributed by atoms with van der Waals surface area (Å²) >= 11 is 0. The Balaban J connectivity index is 5.24. The molecule has 0 aliphatic rings. The summed E-state index contributed by atoms with van der Waals surface area (Å²) in [7, 11) is -9.93. The molecule has 0 saturated heterocycles. The maximum atomic E-state index is 13.2. The minimum absolute atomic E-state index is 0.108. The number of aliphatic hydroxyl groups is 1. The number of carbonyl (C=O) groups excluding carboxylic acids is 4. The van der Waals surface area contributed by atoms with Crippen LogP contribution in [0.3, 0.4) is 0 Å². The average Bonchev–Trinajstić information content (AvgIpc) is 0.898. The molecule has 0 radical (unpaired) electrons. The molecule has 0 rings (SSSR count). The van der Waals surface area contributed by atoms with Crippen LogP contribution in [-0.4, -0.2) is 96.7 Å². The van der Waals surface area contributed by atoms with Gasteiger partial charge in [-0.05, 0) is 37.5 Å². The number of hydrogen-bond donors (Lipinski definition) is 3. The molecular weight excluding hydrogens is 1400 g/mol. The number of hydrogen-bond acceptors (Lipinski definition) is 15. The van der Waals surface area contributed by atoms with Gasteiger partial charge in [0.1, 0.15) is 19.3 Å². The molecule has 108 heavy (non-hydrogen) atoms. The lowest BCUT2D eigenvalue weighted by atomic mass is 10.0. The van der Waals surface area contributed by atoms with Crippen LogP contribution < -0.4 is 0 Å². The molecule has 0 aromatic heterocycles. The van der Waals surface area contributed by atoms with Crippen LogP contribution in [0.1, 0.15) is 478 Å². The topological polar surface area (TPSA) is 237 Å². The number of phosphoric acid groups is 2. The van der Waals surface area contributed by atoms with Crippen molar-refractivity contribution in [2.24, 2.45) is 11.8 Å². The molecule has 642 valence electrons. The van der Waals surface area contributed by atoms with Crippen LogP contribution in [0.5, 0.6) is 0 Å². The molecule has 0 aliphatic carbocycles. The summed E-state index contributed by atoms with van der Waals surface area (Å²) in [5, 5.41) is 10.7. The second-order valence-electron chi connectivity index (χ2n) is 32.9. The van der Waals surface area contributed by atoms with Gasteiger partial charge in [0.25, 0.3) is 0 Å². The van der Waals surface area contributed by atoms with Gasteiger partial charge in [-0.3, -0.25) is 37.3 Å². The zero-order chi connectivity index (χ0) is 79.2. The van der Waals surface area contributed by atoms with Gasteiger partial charge in [-0.15, -0.1) is 0 Å². The summed E-state index contributed by atoms with van der Waals surface area (Å²) < 4.78 is 69.0. The maximum absolute atomic E-state index is 13.2. The first-order valence-corrected chi connectivity index (χ1v) is 49.0. The van der Waals surface area contributed by atoms with Gasteiger partial charge in [0.05, 0.1) is 26.4 Å². The predicted molar refractivity (Wildman–Crippen MR) is 446 cm³/mol. The Bertz CT molecular complexity index is 2060. The highest BCUT2D eigenvalue weighted by Gasteiger charge is 2.31. The lowest BCUT2D eigenvalue weighted by Gasteiger charge is -2.21. The van der Waals surface area contributed by atoms with Gasteiger partial charge in [-0.2, -0.15) is 0 Å². The molecule has 2 unspecified atom stereocenters. The van der Waals surface area contributed by atoms with E-state index in [2.05, 4.69) is 41.5 Å². The van der Waals surface area contributed by atoms with Crippen LogP contribution in [0.15, 0.2) is 0 Å². The second-order valence-corrected chi connectivity index (χ2v) is 35.8. The van der Waals surface area contributed by atoms with Crippen LogP contribution in [0.2, 0.25) is 0 Å². The third-order valence-corrected chi connectivity index (χ3v) is 22.9. The number of rotatable bonds is 88. The number of ether oxygens (including phenoxy) is 4. The monoisotopic (exact) mass is 1580 g/mol. The van der Waals surface area contributed by atoms with Crippen LogP contribution >= 0.6 is 15.6 Å². The van der Waals surface area contributed by atoms with Gasteiger partial charge in [0.15, 0.2) is 12.2 Å². The Kier molecular flexibility index (Phi) is 78.8. The average molecular weight is 1580 g/mol.